The van der Waals surface area contributed by atoms with Crippen LogP contribution in [0.4, 0.5) is 5.69 Å². The molecule has 6 heteroatoms. The van der Waals surface area contributed by atoms with E-state index in [0.29, 0.717) is 28.7 Å². The van der Waals surface area contributed by atoms with Crippen LogP contribution < -0.4 is 10.6 Å². The smallest absolute Gasteiger partial charge is 0.233 e. The molecule has 2 amide bonds. The van der Waals surface area contributed by atoms with Crippen LogP contribution in [-0.4, -0.2) is 18.4 Å². The third-order valence-electron chi connectivity index (χ3n) is 3.84. The molecule has 0 fully saturated rings. The van der Waals surface area contributed by atoms with E-state index in [4.69, 9.17) is 23.2 Å². The maximum absolute atomic E-state index is 11.9. The summed E-state index contributed by atoms with van der Waals surface area (Å²) in [6.07, 6.45) is 0.349. The number of rotatable bonds is 6. The van der Waals surface area contributed by atoms with Crippen molar-refractivity contribution < 1.29 is 9.59 Å². The summed E-state index contributed by atoms with van der Waals surface area (Å²) in [5, 5.41) is 6.58. The van der Waals surface area contributed by atoms with E-state index < -0.39 is 0 Å². The lowest BCUT2D eigenvalue weighted by molar-refractivity contribution is -0.126. The highest BCUT2D eigenvalue weighted by Gasteiger charge is 2.10. The van der Waals surface area contributed by atoms with Crippen molar-refractivity contribution in [3.63, 3.8) is 0 Å². The van der Waals surface area contributed by atoms with Gasteiger partial charge in [-0.3, -0.25) is 9.59 Å². The Balaban J connectivity index is 1.77. The summed E-state index contributed by atoms with van der Waals surface area (Å²) >= 11 is 11.9. The van der Waals surface area contributed by atoms with Gasteiger partial charge in [0.15, 0.2) is 0 Å². The standard InChI is InChI=1S/C19H20Cl2N2O2/c1-12-3-6-16(9-13(12)2)23-19(25)11-18(24)22-8-7-14-4-5-15(20)10-17(14)21/h3-6,9-10H,7-8,11H2,1-2H3,(H,22,24)(H,23,25). The number of hydrogen-bond acceptors (Lipinski definition) is 2. The van der Waals surface area contributed by atoms with Crippen molar-refractivity contribution in [3.8, 4) is 0 Å². The monoisotopic (exact) mass is 378 g/mol. The second-order valence-electron chi connectivity index (χ2n) is 5.86. The lowest BCUT2D eigenvalue weighted by Gasteiger charge is -2.09. The van der Waals surface area contributed by atoms with Crippen molar-refractivity contribution in [3.05, 3.63) is 63.1 Å². The molecule has 2 N–H and O–H groups in total. The Bertz CT molecular complexity index is 791. The van der Waals surface area contributed by atoms with E-state index in [9.17, 15) is 9.59 Å². The predicted molar refractivity (Wildman–Crippen MR) is 102 cm³/mol. The Morgan fingerprint density at radius 2 is 1.72 bits per heavy atom. The Kier molecular flexibility index (Phi) is 6.85. The van der Waals surface area contributed by atoms with E-state index >= 15 is 0 Å². The quantitative estimate of drug-likeness (QED) is 0.736. The second-order valence-corrected chi connectivity index (χ2v) is 6.70. The molecular weight excluding hydrogens is 359 g/mol. The molecule has 2 aromatic carbocycles. The molecule has 4 nitrogen and oxygen atoms in total. The summed E-state index contributed by atoms with van der Waals surface area (Å²) in [4.78, 5) is 23.8. The van der Waals surface area contributed by atoms with Gasteiger partial charge >= 0.3 is 0 Å². The largest absolute Gasteiger partial charge is 0.355 e. The van der Waals surface area contributed by atoms with Crippen LogP contribution in [0.2, 0.25) is 10.0 Å². The molecule has 25 heavy (non-hydrogen) atoms. The molecule has 0 radical (unpaired) electrons. The first-order valence-corrected chi connectivity index (χ1v) is 8.68. The van der Waals surface area contributed by atoms with Gasteiger partial charge in [-0.05, 0) is 61.2 Å². The zero-order valence-electron chi connectivity index (χ0n) is 14.2. The van der Waals surface area contributed by atoms with Crippen LogP contribution in [0.5, 0.6) is 0 Å². The van der Waals surface area contributed by atoms with Gasteiger partial charge in [0, 0.05) is 22.3 Å². The van der Waals surface area contributed by atoms with Crippen LogP contribution in [0.3, 0.4) is 0 Å². The van der Waals surface area contributed by atoms with E-state index in [1.165, 1.54) is 0 Å². The van der Waals surface area contributed by atoms with Crippen LogP contribution in [0.1, 0.15) is 23.1 Å². The van der Waals surface area contributed by atoms with Crippen molar-refractivity contribution in [1.82, 2.24) is 5.32 Å². The molecule has 132 valence electrons. The maximum atomic E-state index is 11.9. The highest BCUT2D eigenvalue weighted by Crippen LogP contribution is 2.21. The number of carbonyl (C=O) groups excluding carboxylic acids is 2. The Morgan fingerprint density at radius 3 is 2.40 bits per heavy atom. The molecule has 2 aromatic rings. The number of amides is 2. The SMILES string of the molecule is Cc1ccc(NC(=O)CC(=O)NCCc2ccc(Cl)cc2Cl)cc1C. The van der Waals surface area contributed by atoms with Gasteiger partial charge in [-0.15, -0.1) is 0 Å². The maximum Gasteiger partial charge on any atom is 0.233 e. The number of hydrogen-bond donors (Lipinski definition) is 2. The number of aryl methyl sites for hydroxylation is 2. The van der Waals surface area contributed by atoms with Gasteiger partial charge in [-0.2, -0.15) is 0 Å². The summed E-state index contributed by atoms with van der Waals surface area (Å²) in [6, 6.07) is 10.9. The lowest BCUT2D eigenvalue weighted by atomic mass is 10.1. The lowest BCUT2D eigenvalue weighted by Crippen LogP contribution is -2.29. The molecular formula is C19H20Cl2N2O2. The molecule has 0 atom stereocenters. The van der Waals surface area contributed by atoms with Crippen LogP contribution >= 0.6 is 23.2 Å². The number of halogens is 2. The van der Waals surface area contributed by atoms with Crippen molar-refractivity contribution in [2.24, 2.45) is 0 Å². The minimum Gasteiger partial charge on any atom is -0.355 e. The predicted octanol–water partition coefficient (Wildman–Crippen LogP) is 4.30. The number of carbonyl (C=O) groups is 2. The van der Waals surface area contributed by atoms with Crippen LogP contribution in [0.25, 0.3) is 0 Å². The molecule has 0 spiro atoms. The summed E-state index contributed by atoms with van der Waals surface area (Å²) in [5.41, 5.74) is 3.82. The molecule has 0 saturated carbocycles. The summed E-state index contributed by atoms with van der Waals surface area (Å²) in [6.45, 7) is 4.37. The fourth-order valence-corrected chi connectivity index (χ4v) is 2.80. The summed E-state index contributed by atoms with van der Waals surface area (Å²) < 4.78 is 0. The zero-order valence-corrected chi connectivity index (χ0v) is 15.7. The number of benzene rings is 2. The Hall–Kier alpha value is -2.04. The van der Waals surface area contributed by atoms with E-state index in [1.54, 1.807) is 12.1 Å². The zero-order chi connectivity index (χ0) is 18.4. The molecule has 0 aromatic heterocycles. The molecule has 2 rings (SSSR count). The molecule has 0 aliphatic carbocycles. The number of anilines is 1. The van der Waals surface area contributed by atoms with Gasteiger partial charge in [0.25, 0.3) is 0 Å². The Labute approximate surface area is 157 Å². The van der Waals surface area contributed by atoms with E-state index in [0.717, 1.165) is 16.7 Å². The Morgan fingerprint density at radius 1 is 0.960 bits per heavy atom. The van der Waals surface area contributed by atoms with Crippen molar-refractivity contribution >= 4 is 40.7 Å². The second kappa shape index (κ2) is 8.88. The van der Waals surface area contributed by atoms with E-state index in [-0.39, 0.29) is 18.2 Å². The molecule has 0 aliphatic rings. The molecule has 0 bridgehead atoms. The highest BCUT2D eigenvalue weighted by atomic mass is 35.5. The first-order chi connectivity index (χ1) is 11.8. The van der Waals surface area contributed by atoms with Gasteiger partial charge in [0.2, 0.25) is 11.8 Å². The molecule has 0 aliphatic heterocycles. The van der Waals surface area contributed by atoms with E-state index in [2.05, 4.69) is 10.6 Å². The van der Waals surface area contributed by atoms with Crippen molar-refractivity contribution in [2.75, 3.05) is 11.9 Å². The number of nitrogens with one attached hydrogen (secondary N) is 2. The summed E-state index contributed by atoms with van der Waals surface area (Å²) in [5.74, 6) is -0.670. The average Bonchev–Trinajstić information content (AvgIpc) is 2.53. The van der Waals surface area contributed by atoms with Crippen molar-refractivity contribution in [1.29, 1.82) is 0 Å². The minimum atomic E-state index is -0.342. The molecule has 0 unspecified atom stereocenters. The normalized spacial score (nSPS) is 10.4. The van der Waals surface area contributed by atoms with Gasteiger partial charge in [0.05, 0.1) is 0 Å². The van der Waals surface area contributed by atoms with Crippen LogP contribution in [0.15, 0.2) is 36.4 Å². The minimum absolute atomic E-state index is 0.221. The van der Waals surface area contributed by atoms with E-state index in [1.807, 2.05) is 38.1 Å². The molecule has 0 heterocycles. The average molecular weight is 379 g/mol. The highest BCUT2D eigenvalue weighted by molar-refractivity contribution is 6.35. The van der Waals surface area contributed by atoms with Crippen molar-refractivity contribution in [2.45, 2.75) is 26.7 Å². The third kappa shape index (κ3) is 6.07. The van der Waals surface area contributed by atoms with Gasteiger partial charge in [0.1, 0.15) is 6.42 Å². The first kappa shape index (κ1) is 19.3. The topological polar surface area (TPSA) is 58.2 Å². The van der Waals surface area contributed by atoms with Crippen LogP contribution in [0, 0.1) is 13.8 Å². The first-order valence-electron chi connectivity index (χ1n) is 7.93. The van der Waals surface area contributed by atoms with Gasteiger partial charge in [-0.25, -0.2) is 0 Å². The van der Waals surface area contributed by atoms with Gasteiger partial charge in [-0.1, -0.05) is 35.3 Å². The molecule has 0 saturated heterocycles. The fraction of sp³-hybridized carbons (Fsp3) is 0.263. The van der Waals surface area contributed by atoms with Crippen LogP contribution in [-0.2, 0) is 16.0 Å². The fourth-order valence-electron chi connectivity index (χ4n) is 2.29. The summed E-state index contributed by atoms with van der Waals surface area (Å²) in [7, 11) is 0. The van der Waals surface area contributed by atoms with Gasteiger partial charge < -0.3 is 10.6 Å². The third-order valence-corrected chi connectivity index (χ3v) is 4.43.